The van der Waals surface area contributed by atoms with Crippen LogP contribution in [0.15, 0.2) is 30.9 Å². The van der Waals surface area contributed by atoms with Gasteiger partial charge in [0.1, 0.15) is 6.04 Å². The van der Waals surface area contributed by atoms with Gasteiger partial charge < -0.3 is 20.5 Å². The van der Waals surface area contributed by atoms with Crippen molar-refractivity contribution in [3.63, 3.8) is 0 Å². The van der Waals surface area contributed by atoms with E-state index < -0.39 is 29.9 Å². The lowest BCUT2D eigenvalue weighted by Gasteiger charge is -2.19. The number of carbonyl (C=O) groups excluding carboxylic acids is 2. The molecule has 2 unspecified atom stereocenters. The van der Waals surface area contributed by atoms with Gasteiger partial charge in [-0.2, -0.15) is 0 Å². The number of ether oxygens (including phenoxy) is 1. The molecule has 7 nitrogen and oxygen atoms in total. The highest BCUT2D eigenvalue weighted by Gasteiger charge is 2.25. The summed E-state index contributed by atoms with van der Waals surface area (Å²) in [7, 11) is 0. The molecule has 3 N–H and O–H groups in total. The maximum atomic E-state index is 12.2. The second-order valence-electron chi connectivity index (χ2n) is 5.02. The molecule has 0 radical (unpaired) electrons. The maximum Gasteiger partial charge on any atom is 0.328 e. The number of carbonyl (C=O) groups is 3. The zero-order valence-corrected chi connectivity index (χ0v) is 14.9. The van der Waals surface area contributed by atoms with Crippen LogP contribution in [0.3, 0.4) is 0 Å². The summed E-state index contributed by atoms with van der Waals surface area (Å²) in [6, 6.07) is 2.28. The quantitative estimate of drug-likeness (QED) is 0.442. The van der Waals surface area contributed by atoms with Crippen molar-refractivity contribution >= 4 is 41.0 Å². The molecule has 1 aromatic carbocycles. The van der Waals surface area contributed by atoms with Gasteiger partial charge >= 0.3 is 5.97 Å². The average Bonchev–Trinajstić information content (AvgIpc) is 2.56. The zero-order valence-electron chi connectivity index (χ0n) is 13.4. The summed E-state index contributed by atoms with van der Waals surface area (Å²) in [5, 5.41) is 14.1. The van der Waals surface area contributed by atoms with Crippen LogP contribution in [0.2, 0.25) is 10.0 Å². The van der Waals surface area contributed by atoms with Gasteiger partial charge in [0.25, 0.3) is 5.91 Å². The van der Waals surface area contributed by atoms with E-state index in [1.54, 1.807) is 6.07 Å². The molecule has 1 rings (SSSR count). The molecule has 0 aliphatic heterocycles. The number of carboxylic acids is 1. The number of aliphatic carboxylic acids is 1. The van der Waals surface area contributed by atoms with Crippen LogP contribution < -0.4 is 10.6 Å². The van der Waals surface area contributed by atoms with Crippen LogP contribution >= 0.6 is 23.2 Å². The minimum atomic E-state index is -1.26. The molecule has 0 bridgehead atoms. The van der Waals surface area contributed by atoms with Crippen molar-refractivity contribution in [3.05, 3.63) is 46.5 Å². The molecule has 0 fully saturated rings. The summed E-state index contributed by atoms with van der Waals surface area (Å²) in [5.74, 6) is -2.54. The lowest BCUT2D eigenvalue weighted by Crippen LogP contribution is -2.51. The first kappa shape index (κ1) is 21.0. The highest BCUT2D eigenvalue weighted by molar-refractivity contribution is 6.43. The van der Waals surface area contributed by atoms with Crippen molar-refractivity contribution in [2.45, 2.75) is 19.0 Å². The van der Waals surface area contributed by atoms with E-state index >= 15 is 0 Å². The fourth-order valence-electron chi connectivity index (χ4n) is 1.76. The molecule has 2 atom stereocenters. The van der Waals surface area contributed by atoms with Crippen molar-refractivity contribution < 1.29 is 24.2 Å². The maximum absolute atomic E-state index is 12.2. The second-order valence-corrected chi connectivity index (χ2v) is 5.81. The fraction of sp³-hybridized carbons (Fsp3) is 0.312. The smallest absolute Gasteiger partial charge is 0.328 e. The first-order valence-electron chi connectivity index (χ1n) is 7.24. The molecule has 9 heteroatoms. The molecular weight excluding hydrogens is 371 g/mol. The highest BCUT2D eigenvalue weighted by Crippen LogP contribution is 2.25. The summed E-state index contributed by atoms with van der Waals surface area (Å²) < 4.78 is 5.03. The predicted octanol–water partition coefficient (Wildman–Crippen LogP) is 1.88. The molecule has 2 amide bonds. The number of halogens is 2. The molecular formula is C16H18Cl2N2O5. The van der Waals surface area contributed by atoms with Gasteiger partial charge in [0, 0.05) is 0 Å². The van der Waals surface area contributed by atoms with Gasteiger partial charge in [0.15, 0.2) is 6.04 Å². The second kappa shape index (κ2) is 10.0. The number of amides is 2. The molecule has 0 aliphatic rings. The Morgan fingerprint density at radius 1 is 1.32 bits per heavy atom. The van der Waals surface area contributed by atoms with E-state index in [1.165, 1.54) is 25.1 Å². The van der Waals surface area contributed by atoms with Crippen LogP contribution in [-0.4, -0.2) is 48.2 Å². The summed E-state index contributed by atoms with van der Waals surface area (Å²) in [6.07, 6.45) is 1.46. The Kier molecular flexibility index (Phi) is 8.40. The number of nitrogens with one attached hydrogen (secondary N) is 2. The Balaban J connectivity index is 2.68. The van der Waals surface area contributed by atoms with E-state index in [-0.39, 0.29) is 28.8 Å². The van der Waals surface area contributed by atoms with Crippen molar-refractivity contribution in [1.82, 2.24) is 10.6 Å². The Hall–Kier alpha value is -2.09. The van der Waals surface area contributed by atoms with Crippen LogP contribution in [-0.2, 0) is 14.3 Å². The summed E-state index contributed by atoms with van der Waals surface area (Å²) in [5.41, 5.74) is 0.109. The molecule has 0 saturated heterocycles. The number of benzene rings is 1. The van der Waals surface area contributed by atoms with Crippen molar-refractivity contribution in [3.8, 4) is 0 Å². The SMILES string of the molecule is C=CCOCC(NC(=O)C(C)NC(=O)c1cccc(Cl)c1Cl)C(=O)O. The molecule has 0 heterocycles. The summed E-state index contributed by atoms with van der Waals surface area (Å²) in [6.45, 7) is 4.77. The lowest BCUT2D eigenvalue weighted by atomic mass is 10.2. The Labute approximate surface area is 154 Å². The number of hydrogen-bond donors (Lipinski definition) is 3. The zero-order chi connectivity index (χ0) is 19.0. The van der Waals surface area contributed by atoms with E-state index in [2.05, 4.69) is 17.2 Å². The first-order valence-corrected chi connectivity index (χ1v) is 8.00. The van der Waals surface area contributed by atoms with E-state index in [1.807, 2.05) is 0 Å². The number of carboxylic acid groups (broad SMARTS) is 1. The topological polar surface area (TPSA) is 105 Å². The normalized spacial score (nSPS) is 12.8. The van der Waals surface area contributed by atoms with Gasteiger partial charge in [-0.1, -0.05) is 35.3 Å². The van der Waals surface area contributed by atoms with Gasteiger partial charge in [-0.15, -0.1) is 6.58 Å². The third-order valence-electron chi connectivity index (χ3n) is 3.07. The van der Waals surface area contributed by atoms with Gasteiger partial charge in [-0.25, -0.2) is 4.79 Å². The molecule has 0 saturated carbocycles. The molecule has 0 spiro atoms. The van der Waals surface area contributed by atoms with Gasteiger partial charge in [0.2, 0.25) is 5.91 Å². The Morgan fingerprint density at radius 2 is 2.00 bits per heavy atom. The number of rotatable bonds is 9. The lowest BCUT2D eigenvalue weighted by molar-refractivity contribution is -0.143. The van der Waals surface area contributed by atoms with Crippen LogP contribution in [0, 0.1) is 0 Å². The van der Waals surface area contributed by atoms with Crippen LogP contribution in [0.4, 0.5) is 0 Å². The van der Waals surface area contributed by atoms with Crippen molar-refractivity contribution in [2.24, 2.45) is 0 Å². The summed E-state index contributed by atoms with van der Waals surface area (Å²) >= 11 is 11.8. The Morgan fingerprint density at radius 3 is 2.60 bits per heavy atom. The third-order valence-corrected chi connectivity index (χ3v) is 3.89. The third kappa shape index (κ3) is 6.38. The molecule has 0 aliphatic carbocycles. The molecule has 0 aromatic heterocycles. The predicted molar refractivity (Wildman–Crippen MR) is 94.0 cm³/mol. The van der Waals surface area contributed by atoms with Crippen LogP contribution in [0.1, 0.15) is 17.3 Å². The monoisotopic (exact) mass is 388 g/mol. The van der Waals surface area contributed by atoms with Crippen LogP contribution in [0.25, 0.3) is 0 Å². The van der Waals surface area contributed by atoms with Crippen LogP contribution in [0.5, 0.6) is 0 Å². The standard InChI is InChI=1S/C16H18Cl2N2O5/c1-3-7-25-8-12(16(23)24)20-14(21)9(2)19-15(22)10-5-4-6-11(17)13(10)18/h3-6,9,12H,1,7-8H2,2H3,(H,19,22)(H,20,21)(H,23,24). The van der Waals surface area contributed by atoms with Gasteiger partial charge in [-0.05, 0) is 19.1 Å². The fourth-order valence-corrected chi connectivity index (χ4v) is 2.15. The van der Waals surface area contributed by atoms with E-state index in [0.717, 1.165) is 0 Å². The van der Waals surface area contributed by atoms with E-state index in [9.17, 15) is 14.4 Å². The van der Waals surface area contributed by atoms with Gasteiger partial charge in [0.05, 0.1) is 28.8 Å². The highest BCUT2D eigenvalue weighted by atomic mass is 35.5. The molecule has 136 valence electrons. The Bertz CT molecular complexity index is 666. The largest absolute Gasteiger partial charge is 0.480 e. The first-order chi connectivity index (χ1) is 11.8. The molecule has 1 aromatic rings. The van der Waals surface area contributed by atoms with Crippen molar-refractivity contribution in [1.29, 1.82) is 0 Å². The van der Waals surface area contributed by atoms with Gasteiger partial charge in [-0.3, -0.25) is 9.59 Å². The van der Waals surface area contributed by atoms with Crippen molar-refractivity contribution in [2.75, 3.05) is 13.2 Å². The summed E-state index contributed by atoms with van der Waals surface area (Å²) in [4.78, 5) is 35.4. The number of hydrogen-bond acceptors (Lipinski definition) is 4. The minimum Gasteiger partial charge on any atom is -0.480 e. The average molecular weight is 389 g/mol. The molecule has 25 heavy (non-hydrogen) atoms. The minimum absolute atomic E-state index is 0.0653. The van der Waals surface area contributed by atoms with E-state index in [0.29, 0.717) is 0 Å². The van der Waals surface area contributed by atoms with E-state index in [4.69, 9.17) is 33.0 Å².